The third-order valence-corrected chi connectivity index (χ3v) is 3.44. The van der Waals surface area contributed by atoms with Gasteiger partial charge >= 0.3 is 0 Å². The summed E-state index contributed by atoms with van der Waals surface area (Å²) in [6, 6.07) is 4.26. The van der Waals surface area contributed by atoms with E-state index in [-0.39, 0.29) is 5.91 Å². The first-order valence-corrected chi connectivity index (χ1v) is 6.53. The van der Waals surface area contributed by atoms with Gasteiger partial charge in [0.15, 0.2) is 0 Å². The lowest BCUT2D eigenvalue weighted by Gasteiger charge is -2.31. The first-order valence-electron chi connectivity index (χ1n) is 6.53. The molecule has 0 unspecified atom stereocenters. The number of carbonyl (C=O) groups excluding carboxylic acids is 1. The molecule has 1 amide bonds. The van der Waals surface area contributed by atoms with Gasteiger partial charge in [0.05, 0.1) is 5.60 Å². The second-order valence-corrected chi connectivity index (χ2v) is 5.86. The summed E-state index contributed by atoms with van der Waals surface area (Å²) in [6.07, 6.45) is 5.54. The lowest BCUT2D eigenvalue weighted by atomic mass is 9.93. The van der Waals surface area contributed by atoms with E-state index in [2.05, 4.69) is 4.57 Å². The third-order valence-electron chi connectivity index (χ3n) is 3.44. The van der Waals surface area contributed by atoms with Crippen LogP contribution in [0.3, 0.4) is 0 Å². The Morgan fingerprint density at radius 2 is 2.22 bits per heavy atom. The molecule has 100 valence electrons. The molecule has 4 nitrogen and oxygen atoms in total. The van der Waals surface area contributed by atoms with Crippen molar-refractivity contribution in [2.24, 2.45) is 0 Å². The van der Waals surface area contributed by atoms with Crippen LogP contribution in [0, 0.1) is 0 Å². The van der Waals surface area contributed by atoms with Crippen molar-refractivity contribution in [1.82, 2.24) is 9.47 Å². The normalized spacial score (nSPS) is 16.4. The average molecular weight is 250 g/mol. The molecule has 1 fully saturated rings. The predicted molar refractivity (Wildman–Crippen MR) is 70.6 cm³/mol. The number of aromatic nitrogens is 1. The van der Waals surface area contributed by atoms with Crippen LogP contribution in [0.1, 0.15) is 49.6 Å². The first-order chi connectivity index (χ1) is 8.38. The maximum Gasteiger partial charge on any atom is 0.270 e. The minimum atomic E-state index is -0.863. The van der Waals surface area contributed by atoms with E-state index in [9.17, 15) is 9.90 Å². The van der Waals surface area contributed by atoms with Gasteiger partial charge in [-0.05, 0) is 45.2 Å². The largest absolute Gasteiger partial charge is 0.389 e. The Morgan fingerprint density at radius 1 is 1.56 bits per heavy atom. The van der Waals surface area contributed by atoms with Crippen molar-refractivity contribution < 1.29 is 9.90 Å². The topological polar surface area (TPSA) is 45.5 Å². The summed E-state index contributed by atoms with van der Waals surface area (Å²) < 4.78 is 2.08. The van der Waals surface area contributed by atoms with Crippen LogP contribution < -0.4 is 0 Å². The van der Waals surface area contributed by atoms with E-state index in [0.29, 0.717) is 12.6 Å². The van der Waals surface area contributed by atoms with E-state index in [1.807, 2.05) is 18.3 Å². The van der Waals surface area contributed by atoms with Crippen LogP contribution in [0.2, 0.25) is 0 Å². The Bertz CT molecular complexity index is 427. The second kappa shape index (κ2) is 4.76. The molecule has 0 aliphatic heterocycles. The van der Waals surface area contributed by atoms with Gasteiger partial charge in [-0.25, -0.2) is 0 Å². The van der Waals surface area contributed by atoms with Crippen LogP contribution in [0.15, 0.2) is 18.3 Å². The van der Waals surface area contributed by atoms with E-state index in [1.165, 1.54) is 6.42 Å². The number of aliphatic hydroxyl groups is 1. The standard InChI is InChI=1S/C14H22N2O2/c1-14(2,18)10-15(3)13(17)12-8-5-9-16(12)11-6-4-7-11/h5,8-9,11,18H,4,6-7,10H2,1-3H3. The van der Waals surface area contributed by atoms with Crippen LogP contribution in [0.25, 0.3) is 0 Å². The number of hydrogen-bond donors (Lipinski definition) is 1. The van der Waals surface area contributed by atoms with Crippen molar-refractivity contribution in [3.8, 4) is 0 Å². The number of carbonyl (C=O) groups is 1. The lowest BCUT2D eigenvalue weighted by Crippen LogP contribution is -2.40. The zero-order valence-electron chi connectivity index (χ0n) is 11.4. The molecular weight excluding hydrogens is 228 g/mol. The Hall–Kier alpha value is -1.29. The van der Waals surface area contributed by atoms with Gasteiger partial charge in [0.25, 0.3) is 5.91 Å². The summed E-state index contributed by atoms with van der Waals surface area (Å²) in [7, 11) is 1.73. The second-order valence-electron chi connectivity index (χ2n) is 5.86. The van der Waals surface area contributed by atoms with Crippen molar-refractivity contribution in [3.05, 3.63) is 24.0 Å². The highest BCUT2D eigenvalue weighted by Crippen LogP contribution is 2.32. The zero-order chi connectivity index (χ0) is 13.3. The van der Waals surface area contributed by atoms with Crippen molar-refractivity contribution >= 4 is 5.91 Å². The molecule has 1 saturated carbocycles. The van der Waals surface area contributed by atoms with Gasteiger partial charge in [-0.3, -0.25) is 4.79 Å². The maximum atomic E-state index is 12.3. The number of hydrogen-bond acceptors (Lipinski definition) is 2. The molecule has 0 bridgehead atoms. The van der Waals surface area contributed by atoms with Crippen LogP contribution in [0.4, 0.5) is 0 Å². The smallest absolute Gasteiger partial charge is 0.270 e. The molecule has 0 saturated heterocycles. The van der Waals surface area contributed by atoms with E-state index >= 15 is 0 Å². The fraction of sp³-hybridized carbons (Fsp3) is 0.643. The number of nitrogens with zero attached hydrogens (tertiary/aromatic N) is 2. The van der Waals surface area contributed by atoms with Crippen LogP contribution >= 0.6 is 0 Å². The lowest BCUT2D eigenvalue weighted by molar-refractivity contribution is 0.0360. The Morgan fingerprint density at radius 3 is 2.72 bits per heavy atom. The molecule has 1 aliphatic carbocycles. The Kier molecular flexibility index (Phi) is 3.48. The molecular formula is C14H22N2O2. The van der Waals surface area contributed by atoms with Crippen LogP contribution in [-0.2, 0) is 0 Å². The SMILES string of the molecule is CN(CC(C)(C)O)C(=O)c1cccn1C1CCC1. The molecule has 4 heteroatoms. The molecule has 0 aromatic carbocycles. The van der Waals surface area contributed by atoms with Gasteiger partial charge in [-0.2, -0.15) is 0 Å². The first kappa shape index (κ1) is 13.1. The number of rotatable bonds is 4. The minimum absolute atomic E-state index is 0.0194. The molecule has 0 atom stereocenters. The molecule has 0 radical (unpaired) electrons. The van der Waals surface area contributed by atoms with Gasteiger partial charge in [0.1, 0.15) is 5.69 Å². The van der Waals surface area contributed by atoms with Crippen LogP contribution in [-0.4, -0.2) is 39.7 Å². The zero-order valence-corrected chi connectivity index (χ0v) is 11.4. The van der Waals surface area contributed by atoms with E-state index in [1.54, 1.807) is 25.8 Å². The fourth-order valence-corrected chi connectivity index (χ4v) is 2.41. The molecule has 1 aromatic heterocycles. The summed E-state index contributed by atoms with van der Waals surface area (Å²) in [4.78, 5) is 13.9. The molecule has 1 N–H and O–H groups in total. The molecule has 1 heterocycles. The highest BCUT2D eigenvalue weighted by molar-refractivity contribution is 5.92. The van der Waals surface area contributed by atoms with Crippen molar-refractivity contribution in [2.75, 3.05) is 13.6 Å². The molecule has 18 heavy (non-hydrogen) atoms. The monoisotopic (exact) mass is 250 g/mol. The molecule has 2 rings (SSSR count). The van der Waals surface area contributed by atoms with E-state index in [4.69, 9.17) is 0 Å². The summed E-state index contributed by atoms with van der Waals surface area (Å²) in [5.41, 5.74) is -0.135. The number of amides is 1. The van der Waals surface area contributed by atoms with Gasteiger partial charge in [0.2, 0.25) is 0 Å². The minimum Gasteiger partial charge on any atom is -0.389 e. The maximum absolute atomic E-state index is 12.3. The quantitative estimate of drug-likeness (QED) is 0.889. The molecule has 1 aliphatic rings. The number of likely N-dealkylation sites (N-methyl/N-ethyl adjacent to an activating group) is 1. The third kappa shape index (κ3) is 2.75. The Labute approximate surface area is 108 Å². The van der Waals surface area contributed by atoms with E-state index in [0.717, 1.165) is 18.5 Å². The molecule has 1 aromatic rings. The van der Waals surface area contributed by atoms with Gasteiger partial charge in [-0.15, -0.1) is 0 Å². The fourth-order valence-electron chi connectivity index (χ4n) is 2.41. The van der Waals surface area contributed by atoms with Gasteiger partial charge < -0.3 is 14.6 Å². The highest BCUT2D eigenvalue weighted by atomic mass is 16.3. The summed E-state index contributed by atoms with van der Waals surface area (Å²) >= 11 is 0. The predicted octanol–water partition coefficient (Wildman–Crippen LogP) is 2.06. The average Bonchev–Trinajstić information content (AvgIpc) is 2.59. The van der Waals surface area contributed by atoms with Crippen molar-refractivity contribution in [3.63, 3.8) is 0 Å². The summed E-state index contributed by atoms with van der Waals surface area (Å²) in [5, 5.41) is 9.77. The van der Waals surface area contributed by atoms with Crippen molar-refractivity contribution in [2.45, 2.75) is 44.8 Å². The summed E-state index contributed by atoms with van der Waals surface area (Å²) in [5.74, 6) is -0.0194. The van der Waals surface area contributed by atoms with Crippen molar-refractivity contribution in [1.29, 1.82) is 0 Å². The van der Waals surface area contributed by atoms with Crippen LogP contribution in [0.5, 0.6) is 0 Å². The van der Waals surface area contributed by atoms with Gasteiger partial charge in [-0.1, -0.05) is 0 Å². The van der Waals surface area contributed by atoms with E-state index < -0.39 is 5.60 Å². The molecule has 0 spiro atoms. The van der Waals surface area contributed by atoms with Gasteiger partial charge in [0, 0.05) is 25.8 Å². The highest BCUT2D eigenvalue weighted by Gasteiger charge is 2.26. The Balaban J connectivity index is 2.11. The summed E-state index contributed by atoms with van der Waals surface area (Å²) in [6.45, 7) is 3.76.